The summed E-state index contributed by atoms with van der Waals surface area (Å²) in [6.45, 7) is 1.24. The van der Waals surface area contributed by atoms with Crippen LogP contribution < -0.4 is 20.7 Å². The molecule has 4 aromatic rings. The third-order valence-corrected chi connectivity index (χ3v) is 6.37. The fraction of sp³-hybridized carbons (Fsp3) is 0.222. The molecular formula is C27H25FN6O5. The number of H-pyrrole nitrogens is 1. The molecule has 0 saturated carbocycles. The van der Waals surface area contributed by atoms with Crippen molar-refractivity contribution in [3.8, 4) is 5.75 Å². The van der Waals surface area contributed by atoms with Gasteiger partial charge in [0, 0.05) is 18.8 Å². The molecule has 4 heterocycles. The first-order valence-electron chi connectivity index (χ1n) is 12.3. The molecule has 0 spiro atoms. The van der Waals surface area contributed by atoms with E-state index in [1.165, 1.54) is 36.7 Å². The van der Waals surface area contributed by atoms with Crippen LogP contribution in [-0.2, 0) is 11.3 Å². The van der Waals surface area contributed by atoms with E-state index in [0.717, 1.165) is 18.4 Å². The number of carboxylic acids is 1. The molecule has 0 bridgehead atoms. The zero-order valence-electron chi connectivity index (χ0n) is 20.7. The number of halogens is 1. The molecule has 2 aromatic carbocycles. The van der Waals surface area contributed by atoms with Gasteiger partial charge in [-0.3, -0.25) is 9.59 Å². The summed E-state index contributed by atoms with van der Waals surface area (Å²) in [7, 11) is 0. The summed E-state index contributed by atoms with van der Waals surface area (Å²) >= 11 is 0. The van der Waals surface area contributed by atoms with Crippen molar-refractivity contribution in [2.75, 3.05) is 18.5 Å². The molecule has 11 nitrogen and oxygen atoms in total. The normalized spacial score (nSPS) is 15.9. The monoisotopic (exact) mass is 532 g/mol. The van der Waals surface area contributed by atoms with Gasteiger partial charge >= 0.3 is 5.97 Å². The van der Waals surface area contributed by atoms with Crippen molar-refractivity contribution in [3.05, 3.63) is 83.2 Å². The second kappa shape index (κ2) is 11.3. The summed E-state index contributed by atoms with van der Waals surface area (Å²) in [5, 5.41) is 17.9. The molecule has 0 aliphatic carbocycles. The maximum atomic E-state index is 12.6. The van der Waals surface area contributed by atoms with Crippen LogP contribution in [0.25, 0.3) is 11.0 Å². The van der Waals surface area contributed by atoms with Crippen molar-refractivity contribution in [1.29, 1.82) is 0 Å². The second-order valence-corrected chi connectivity index (χ2v) is 9.00. The van der Waals surface area contributed by atoms with Crippen molar-refractivity contribution in [1.82, 2.24) is 25.6 Å². The number of rotatable bonds is 5. The van der Waals surface area contributed by atoms with E-state index >= 15 is 0 Å². The number of benzene rings is 2. The number of nitrogens with one attached hydrogen (secondary N) is 4. The lowest BCUT2D eigenvalue weighted by Gasteiger charge is -2.18. The number of carbonyl (C=O) groups excluding carboxylic acids is 2. The Balaban J connectivity index is 0.000000214. The lowest BCUT2D eigenvalue weighted by atomic mass is 10.1. The van der Waals surface area contributed by atoms with Crippen molar-refractivity contribution in [2.24, 2.45) is 0 Å². The lowest BCUT2D eigenvalue weighted by molar-refractivity contribution is -0.118. The van der Waals surface area contributed by atoms with Gasteiger partial charge < -0.3 is 30.8 Å². The summed E-state index contributed by atoms with van der Waals surface area (Å²) < 4.78 is 17.8. The number of carboxylic acid groups (broad SMARTS) is 1. The standard InChI is InChI=1S/C17H13N5O5.C10H12FN/c23-12-6-27-11-2-1-8(3-10(11)22-12)4-19-16(24)15-14-13(20-7-21-15)9(5-18-14)17(25)26;11-9-5-3-8(4-6-9)10-2-1-7-12-10/h1-3,5,7,18H,4,6H2,(H,19,24)(H,22,23)(H,25,26);3-6,10,12H,1-2,7H2. The predicted molar refractivity (Wildman–Crippen MR) is 139 cm³/mol. The highest BCUT2D eigenvalue weighted by Crippen LogP contribution is 2.28. The number of amides is 2. The number of aromatic nitrogens is 3. The fourth-order valence-electron chi connectivity index (χ4n) is 4.44. The topological polar surface area (TPSA) is 158 Å². The Morgan fingerprint density at radius 3 is 2.72 bits per heavy atom. The Hall–Kier alpha value is -4.84. The average molecular weight is 533 g/mol. The van der Waals surface area contributed by atoms with Gasteiger partial charge in [0.15, 0.2) is 12.3 Å². The molecule has 1 fully saturated rings. The minimum absolute atomic E-state index is 0.0265. The molecule has 1 atom stereocenters. The van der Waals surface area contributed by atoms with Crippen molar-refractivity contribution in [2.45, 2.75) is 25.4 Å². The molecular weight excluding hydrogens is 507 g/mol. The molecule has 0 radical (unpaired) electrons. The molecule has 200 valence electrons. The van der Waals surface area contributed by atoms with Crippen LogP contribution in [0.4, 0.5) is 10.1 Å². The Morgan fingerprint density at radius 1 is 1.15 bits per heavy atom. The van der Waals surface area contributed by atoms with Crippen LogP contribution in [0.5, 0.6) is 5.75 Å². The Bertz CT molecular complexity index is 1530. The van der Waals surface area contributed by atoms with E-state index in [2.05, 4.69) is 30.9 Å². The third-order valence-electron chi connectivity index (χ3n) is 6.37. The van der Waals surface area contributed by atoms with E-state index in [0.29, 0.717) is 17.5 Å². The number of ether oxygens (including phenoxy) is 1. The molecule has 39 heavy (non-hydrogen) atoms. The summed E-state index contributed by atoms with van der Waals surface area (Å²) in [5.74, 6) is -1.47. The molecule has 2 aliphatic rings. The minimum Gasteiger partial charge on any atom is -0.482 e. The Labute approximate surface area is 221 Å². The van der Waals surface area contributed by atoms with Crippen LogP contribution in [0.3, 0.4) is 0 Å². The highest BCUT2D eigenvalue weighted by atomic mass is 19.1. The van der Waals surface area contributed by atoms with Crippen molar-refractivity contribution < 1.29 is 28.6 Å². The summed E-state index contributed by atoms with van der Waals surface area (Å²) in [4.78, 5) is 45.7. The summed E-state index contributed by atoms with van der Waals surface area (Å²) in [5.41, 5.74) is 2.91. The van der Waals surface area contributed by atoms with Crippen LogP contribution in [0.1, 0.15) is 50.9 Å². The van der Waals surface area contributed by atoms with Gasteiger partial charge in [-0.05, 0) is 54.8 Å². The van der Waals surface area contributed by atoms with Gasteiger partial charge in [0.1, 0.15) is 29.0 Å². The number of anilines is 1. The van der Waals surface area contributed by atoms with Gasteiger partial charge in [0.05, 0.1) is 11.2 Å². The van der Waals surface area contributed by atoms with Crippen LogP contribution in [0.15, 0.2) is 55.0 Å². The molecule has 6 rings (SSSR count). The van der Waals surface area contributed by atoms with Crippen LogP contribution in [0, 0.1) is 5.82 Å². The smallest absolute Gasteiger partial charge is 0.339 e. The van der Waals surface area contributed by atoms with Crippen LogP contribution >= 0.6 is 0 Å². The number of carbonyl (C=O) groups is 3. The van der Waals surface area contributed by atoms with E-state index in [9.17, 15) is 18.8 Å². The van der Waals surface area contributed by atoms with Gasteiger partial charge in [0.2, 0.25) is 0 Å². The first-order chi connectivity index (χ1) is 18.9. The Morgan fingerprint density at radius 2 is 1.97 bits per heavy atom. The minimum atomic E-state index is -1.15. The van der Waals surface area contributed by atoms with Gasteiger partial charge in [-0.25, -0.2) is 19.2 Å². The lowest BCUT2D eigenvalue weighted by Crippen LogP contribution is -2.26. The molecule has 2 aliphatic heterocycles. The maximum Gasteiger partial charge on any atom is 0.339 e. The maximum absolute atomic E-state index is 12.6. The molecule has 1 saturated heterocycles. The quantitative estimate of drug-likeness (QED) is 0.262. The van der Waals surface area contributed by atoms with E-state index in [4.69, 9.17) is 9.84 Å². The predicted octanol–water partition coefficient (Wildman–Crippen LogP) is 3.17. The molecule has 5 N–H and O–H groups in total. The van der Waals surface area contributed by atoms with Crippen LogP contribution in [-0.4, -0.2) is 51.0 Å². The highest BCUT2D eigenvalue weighted by Gasteiger charge is 2.20. The number of nitrogens with zero attached hydrogens (tertiary/aromatic N) is 2. The van der Waals surface area contributed by atoms with Crippen molar-refractivity contribution in [3.63, 3.8) is 0 Å². The van der Waals surface area contributed by atoms with E-state index < -0.39 is 11.9 Å². The first kappa shape index (κ1) is 25.8. The largest absolute Gasteiger partial charge is 0.482 e. The van der Waals surface area contributed by atoms with Crippen LogP contribution in [0.2, 0.25) is 0 Å². The third kappa shape index (κ3) is 5.85. The Kier molecular flexibility index (Phi) is 7.46. The average Bonchev–Trinajstić information content (AvgIpc) is 3.63. The van der Waals surface area contributed by atoms with E-state index in [1.54, 1.807) is 18.2 Å². The zero-order valence-corrected chi connectivity index (χ0v) is 20.7. The fourth-order valence-corrected chi connectivity index (χ4v) is 4.44. The first-order valence-corrected chi connectivity index (χ1v) is 12.3. The van der Waals surface area contributed by atoms with Gasteiger partial charge in [0.25, 0.3) is 11.8 Å². The summed E-state index contributed by atoms with van der Waals surface area (Å²) in [6, 6.07) is 12.4. The van der Waals surface area contributed by atoms with E-state index in [1.807, 2.05) is 12.1 Å². The van der Waals surface area contributed by atoms with Gasteiger partial charge in [-0.2, -0.15) is 0 Å². The molecule has 2 aromatic heterocycles. The SMILES string of the molecule is Fc1ccc(C2CCCN2)cc1.O=C1COc2ccc(CNC(=O)c3ncnc4c(C(=O)O)c[nH]c34)cc2N1. The second-order valence-electron chi connectivity index (χ2n) is 9.00. The molecule has 2 amide bonds. The summed E-state index contributed by atoms with van der Waals surface area (Å²) in [6.07, 6.45) is 4.81. The molecule has 12 heteroatoms. The number of hydrogen-bond donors (Lipinski definition) is 5. The number of fused-ring (bicyclic) bond motifs is 2. The van der Waals surface area contributed by atoms with Gasteiger partial charge in [-0.15, -0.1) is 0 Å². The number of hydrogen-bond acceptors (Lipinski definition) is 7. The number of aromatic amines is 1. The highest BCUT2D eigenvalue weighted by molar-refractivity contribution is 6.08. The van der Waals surface area contributed by atoms with E-state index in [-0.39, 0.29) is 47.2 Å². The molecule has 1 unspecified atom stereocenters. The van der Waals surface area contributed by atoms with Gasteiger partial charge in [-0.1, -0.05) is 18.2 Å². The zero-order chi connectivity index (χ0) is 27.4. The number of aromatic carboxylic acids is 1. The van der Waals surface area contributed by atoms with Crippen molar-refractivity contribution >= 4 is 34.5 Å².